The summed E-state index contributed by atoms with van der Waals surface area (Å²) in [7, 11) is 0. The molecule has 0 aliphatic carbocycles. The molecule has 5 nitrogen and oxygen atoms in total. The van der Waals surface area contributed by atoms with Crippen LogP contribution in [-0.4, -0.2) is 25.1 Å². The summed E-state index contributed by atoms with van der Waals surface area (Å²) in [4.78, 5) is 22.9. The Hall–Kier alpha value is -2.53. The van der Waals surface area contributed by atoms with E-state index >= 15 is 0 Å². The number of Topliss-reactive ketones (excluding diaryl/α,β-unsaturated/α-hetero) is 1. The van der Waals surface area contributed by atoms with Crippen LogP contribution in [0.15, 0.2) is 48.5 Å². The molecule has 0 radical (unpaired) electrons. The molecule has 0 unspecified atom stereocenters. The number of anilines is 1. The number of halogens is 1. The summed E-state index contributed by atoms with van der Waals surface area (Å²) in [6.45, 7) is 1.79. The van der Waals surface area contributed by atoms with Gasteiger partial charge in [0, 0.05) is 11.3 Å². The molecule has 0 fully saturated rings. The molecule has 0 aliphatic heterocycles. The van der Waals surface area contributed by atoms with Crippen LogP contribution in [0, 0.1) is 0 Å². The largest absolute Gasteiger partial charge is 0.490 e. The zero-order chi connectivity index (χ0) is 16.7. The van der Waals surface area contributed by atoms with Crippen molar-refractivity contribution in [1.29, 1.82) is 0 Å². The van der Waals surface area contributed by atoms with Crippen LogP contribution < -0.4 is 10.1 Å². The Balaban J connectivity index is 0.00000288. The van der Waals surface area contributed by atoms with E-state index < -0.39 is 6.09 Å². The molecule has 0 spiro atoms. The molecule has 0 saturated carbocycles. The average molecular weight is 350 g/mol. The predicted molar refractivity (Wildman–Crippen MR) is 95.1 cm³/mol. The minimum atomic E-state index is -0.617. The molecule has 0 saturated heterocycles. The normalized spacial score (nSPS) is 9.58. The lowest BCUT2D eigenvalue weighted by Crippen LogP contribution is -2.17. The van der Waals surface area contributed by atoms with Gasteiger partial charge in [-0.15, -0.1) is 0 Å². The number of benzene rings is 2. The van der Waals surface area contributed by atoms with E-state index in [0.717, 1.165) is 0 Å². The highest BCUT2D eigenvalue weighted by Gasteiger charge is 2.08. The standard InChI is InChI=1S/C17H16ClNO4.CH4/c1-12(20)15-8-7-13(11-16(15)18)19-17(21)23-10-9-22-14-5-3-2-4-6-14;/h2-8,11H,9-10H2,1H3,(H,19,21);1H4. The number of para-hydroxylation sites is 1. The van der Waals surface area contributed by atoms with Crippen LogP contribution in [0.1, 0.15) is 24.7 Å². The molecular weight excluding hydrogens is 330 g/mol. The molecule has 1 amide bonds. The molecule has 0 bridgehead atoms. The van der Waals surface area contributed by atoms with Crippen LogP contribution >= 0.6 is 11.6 Å². The highest BCUT2D eigenvalue weighted by Crippen LogP contribution is 2.21. The molecular formula is C18H20ClNO4. The lowest BCUT2D eigenvalue weighted by Gasteiger charge is -2.09. The Kier molecular flexibility index (Phi) is 7.79. The third kappa shape index (κ3) is 5.93. The van der Waals surface area contributed by atoms with Crippen molar-refractivity contribution in [3.8, 4) is 5.75 Å². The number of carbonyl (C=O) groups excluding carboxylic acids is 2. The van der Waals surface area contributed by atoms with E-state index in [1.165, 1.54) is 13.0 Å². The third-order valence-electron chi connectivity index (χ3n) is 2.92. The Labute approximate surface area is 146 Å². The van der Waals surface area contributed by atoms with Crippen molar-refractivity contribution in [2.24, 2.45) is 0 Å². The predicted octanol–water partition coefficient (Wildman–Crippen LogP) is 4.81. The van der Waals surface area contributed by atoms with Crippen molar-refractivity contribution in [1.82, 2.24) is 0 Å². The van der Waals surface area contributed by atoms with Crippen LogP contribution in [0.4, 0.5) is 10.5 Å². The summed E-state index contributed by atoms with van der Waals surface area (Å²) in [5, 5.41) is 2.82. The smallest absolute Gasteiger partial charge is 0.411 e. The molecule has 2 aromatic rings. The molecule has 24 heavy (non-hydrogen) atoms. The van der Waals surface area contributed by atoms with Crippen molar-refractivity contribution >= 4 is 29.2 Å². The number of rotatable bonds is 6. The maximum atomic E-state index is 11.7. The van der Waals surface area contributed by atoms with Gasteiger partial charge in [0.15, 0.2) is 5.78 Å². The van der Waals surface area contributed by atoms with Gasteiger partial charge in [0.05, 0.1) is 5.02 Å². The van der Waals surface area contributed by atoms with Gasteiger partial charge < -0.3 is 9.47 Å². The van der Waals surface area contributed by atoms with Gasteiger partial charge in [-0.25, -0.2) is 4.79 Å². The molecule has 0 atom stereocenters. The van der Waals surface area contributed by atoms with Crippen LogP contribution in [0.2, 0.25) is 5.02 Å². The number of nitrogens with one attached hydrogen (secondary N) is 1. The van der Waals surface area contributed by atoms with E-state index in [1.807, 2.05) is 30.3 Å². The van der Waals surface area contributed by atoms with Crippen LogP contribution in [0.25, 0.3) is 0 Å². The van der Waals surface area contributed by atoms with Gasteiger partial charge in [-0.1, -0.05) is 37.2 Å². The first-order chi connectivity index (χ1) is 11.1. The molecule has 2 aromatic carbocycles. The minimum Gasteiger partial charge on any atom is -0.490 e. The number of hydrogen-bond donors (Lipinski definition) is 1. The molecule has 0 heterocycles. The summed E-state index contributed by atoms with van der Waals surface area (Å²) in [5.41, 5.74) is 0.857. The number of hydrogen-bond acceptors (Lipinski definition) is 4. The van der Waals surface area contributed by atoms with E-state index in [0.29, 0.717) is 17.0 Å². The van der Waals surface area contributed by atoms with Crippen molar-refractivity contribution in [2.45, 2.75) is 14.4 Å². The third-order valence-corrected chi connectivity index (χ3v) is 3.24. The number of ketones is 1. The fourth-order valence-corrected chi connectivity index (χ4v) is 2.16. The Morgan fingerprint density at radius 2 is 1.79 bits per heavy atom. The van der Waals surface area contributed by atoms with E-state index in [9.17, 15) is 9.59 Å². The number of amides is 1. The lowest BCUT2D eigenvalue weighted by molar-refractivity contribution is 0.101. The first kappa shape index (κ1) is 19.5. The average Bonchev–Trinajstić information content (AvgIpc) is 2.52. The second-order valence-electron chi connectivity index (χ2n) is 4.67. The molecule has 2 rings (SSSR count). The zero-order valence-electron chi connectivity index (χ0n) is 12.5. The molecule has 0 aliphatic rings. The van der Waals surface area contributed by atoms with Gasteiger partial charge in [-0.05, 0) is 37.3 Å². The quantitative estimate of drug-likeness (QED) is 0.600. The fraction of sp³-hybridized carbons (Fsp3) is 0.222. The molecule has 6 heteroatoms. The topological polar surface area (TPSA) is 64.6 Å². The van der Waals surface area contributed by atoms with E-state index in [4.69, 9.17) is 21.1 Å². The van der Waals surface area contributed by atoms with E-state index in [1.54, 1.807) is 12.1 Å². The summed E-state index contributed by atoms with van der Waals surface area (Å²) in [5.74, 6) is 0.574. The maximum absolute atomic E-state index is 11.7. The summed E-state index contributed by atoms with van der Waals surface area (Å²) in [6.07, 6.45) is -0.617. The first-order valence-electron chi connectivity index (χ1n) is 6.98. The first-order valence-corrected chi connectivity index (χ1v) is 7.36. The summed E-state index contributed by atoms with van der Waals surface area (Å²) >= 11 is 5.97. The number of carbonyl (C=O) groups is 2. The lowest BCUT2D eigenvalue weighted by atomic mass is 10.1. The van der Waals surface area contributed by atoms with E-state index in [2.05, 4.69) is 5.32 Å². The Morgan fingerprint density at radius 3 is 2.42 bits per heavy atom. The van der Waals surface area contributed by atoms with Crippen molar-refractivity contribution < 1.29 is 19.1 Å². The van der Waals surface area contributed by atoms with Gasteiger partial charge in [0.25, 0.3) is 0 Å². The molecule has 1 N–H and O–H groups in total. The highest BCUT2D eigenvalue weighted by atomic mass is 35.5. The monoisotopic (exact) mass is 349 g/mol. The summed E-state index contributed by atoms with van der Waals surface area (Å²) in [6, 6.07) is 13.9. The fourth-order valence-electron chi connectivity index (χ4n) is 1.84. The Morgan fingerprint density at radius 1 is 1.08 bits per heavy atom. The SMILES string of the molecule is C.CC(=O)c1ccc(NC(=O)OCCOc2ccccc2)cc1Cl. The van der Waals surface area contributed by atoms with Crippen LogP contribution in [-0.2, 0) is 4.74 Å². The number of ether oxygens (including phenoxy) is 2. The molecule has 128 valence electrons. The van der Waals surface area contributed by atoms with Crippen molar-refractivity contribution in [3.63, 3.8) is 0 Å². The van der Waals surface area contributed by atoms with Gasteiger partial charge in [0.2, 0.25) is 0 Å². The minimum absolute atomic E-state index is 0. The van der Waals surface area contributed by atoms with Gasteiger partial charge >= 0.3 is 6.09 Å². The zero-order valence-corrected chi connectivity index (χ0v) is 13.3. The summed E-state index contributed by atoms with van der Waals surface area (Å²) < 4.78 is 10.4. The molecule has 0 aromatic heterocycles. The Bertz CT molecular complexity index is 689. The van der Waals surface area contributed by atoms with Crippen molar-refractivity contribution in [2.75, 3.05) is 18.5 Å². The van der Waals surface area contributed by atoms with E-state index in [-0.39, 0.29) is 31.4 Å². The van der Waals surface area contributed by atoms with Crippen LogP contribution in [0.3, 0.4) is 0 Å². The van der Waals surface area contributed by atoms with Gasteiger partial charge in [-0.2, -0.15) is 0 Å². The second-order valence-corrected chi connectivity index (χ2v) is 5.08. The van der Waals surface area contributed by atoms with Crippen molar-refractivity contribution in [3.05, 3.63) is 59.1 Å². The maximum Gasteiger partial charge on any atom is 0.411 e. The van der Waals surface area contributed by atoms with Crippen LogP contribution in [0.5, 0.6) is 5.75 Å². The van der Waals surface area contributed by atoms with Gasteiger partial charge in [-0.3, -0.25) is 10.1 Å². The second kappa shape index (κ2) is 9.57. The van der Waals surface area contributed by atoms with Gasteiger partial charge in [0.1, 0.15) is 19.0 Å². The highest BCUT2D eigenvalue weighted by molar-refractivity contribution is 6.34.